The van der Waals surface area contributed by atoms with E-state index in [1.807, 2.05) is 13.0 Å². The molecule has 1 aromatic rings. The van der Waals surface area contributed by atoms with Crippen LogP contribution in [0.15, 0.2) is 12.3 Å². The van der Waals surface area contributed by atoms with Crippen LogP contribution in [0.3, 0.4) is 0 Å². The van der Waals surface area contributed by atoms with Crippen molar-refractivity contribution in [2.45, 2.75) is 33.2 Å². The second kappa shape index (κ2) is 4.31. The molecule has 0 amide bonds. The first-order chi connectivity index (χ1) is 6.56. The number of hydrogen-bond donors (Lipinski definition) is 1. The Hall–Kier alpha value is -1.25. The van der Waals surface area contributed by atoms with Gasteiger partial charge in [-0.3, -0.25) is 0 Å². The van der Waals surface area contributed by atoms with Crippen LogP contribution < -0.4 is 10.6 Å². The average molecular weight is 193 g/mol. The highest BCUT2D eigenvalue weighted by Crippen LogP contribution is 2.20. The Morgan fingerprint density at radius 1 is 1.57 bits per heavy atom. The van der Waals surface area contributed by atoms with E-state index in [9.17, 15) is 0 Å². The van der Waals surface area contributed by atoms with Gasteiger partial charge in [0.25, 0.3) is 0 Å². The fraction of sp³-hybridized carbons (Fsp3) is 0.545. The Morgan fingerprint density at radius 2 is 2.21 bits per heavy atom. The number of aryl methyl sites for hydroxylation is 1. The molecule has 3 heteroatoms. The van der Waals surface area contributed by atoms with Gasteiger partial charge in [-0.15, -0.1) is 0 Å². The highest BCUT2D eigenvalue weighted by Gasteiger charge is 2.11. The lowest BCUT2D eigenvalue weighted by atomic mass is 10.2. The predicted molar refractivity (Wildman–Crippen MR) is 61.5 cm³/mol. The van der Waals surface area contributed by atoms with Crippen molar-refractivity contribution in [3.63, 3.8) is 0 Å². The zero-order valence-electron chi connectivity index (χ0n) is 9.41. The van der Waals surface area contributed by atoms with E-state index >= 15 is 0 Å². The van der Waals surface area contributed by atoms with Crippen molar-refractivity contribution >= 4 is 11.5 Å². The summed E-state index contributed by atoms with van der Waals surface area (Å²) in [5.74, 6) is 1.02. The SMILES string of the molecule is CCC(C)N(C)c1ncc(N)cc1C. The summed E-state index contributed by atoms with van der Waals surface area (Å²) in [4.78, 5) is 6.54. The normalized spacial score (nSPS) is 12.6. The molecule has 2 N–H and O–H groups in total. The van der Waals surface area contributed by atoms with Gasteiger partial charge in [0, 0.05) is 13.1 Å². The minimum Gasteiger partial charge on any atom is -0.397 e. The number of nitrogen functional groups attached to an aromatic ring is 1. The average Bonchev–Trinajstić information content (AvgIpc) is 2.15. The maximum atomic E-state index is 5.66. The van der Waals surface area contributed by atoms with Crippen LogP contribution in [0.2, 0.25) is 0 Å². The van der Waals surface area contributed by atoms with Crippen LogP contribution in [0.5, 0.6) is 0 Å². The topological polar surface area (TPSA) is 42.2 Å². The molecule has 1 atom stereocenters. The van der Waals surface area contributed by atoms with Gasteiger partial charge >= 0.3 is 0 Å². The van der Waals surface area contributed by atoms with Gasteiger partial charge < -0.3 is 10.6 Å². The molecule has 0 aliphatic heterocycles. The molecule has 1 aromatic heterocycles. The highest BCUT2D eigenvalue weighted by atomic mass is 15.2. The first-order valence-corrected chi connectivity index (χ1v) is 5.01. The Labute approximate surface area is 85.9 Å². The number of nitrogens with two attached hydrogens (primary N) is 1. The van der Waals surface area contributed by atoms with Crippen molar-refractivity contribution in [3.8, 4) is 0 Å². The zero-order valence-corrected chi connectivity index (χ0v) is 9.41. The van der Waals surface area contributed by atoms with Crippen LogP contribution in [-0.2, 0) is 0 Å². The summed E-state index contributed by atoms with van der Waals surface area (Å²) in [6.45, 7) is 6.41. The van der Waals surface area contributed by atoms with Crippen LogP contribution in [0.4, 0.5) is 11.5 Å². The van der Waals surface area contributed by atoms with Gasteiger partial charge in [0.1, 0.15) is 5.82 Å². The molecule has 3 nitrogen and oxygen atoms in total. The molecule has 0 aromatic carbocycles. The van der Waals surface area contributed by atoms with Gasteiger partial charge in [-0.2, -0.15) is 0 Å². The van der Waals surface area contributed by atoms with Gasteiger partial charge in [-0.25, -0.2) is 4.98 Å². The summed E-state index contributed by atoms with van der Waals surface area (Å²) in [6.07, 6.45) is 2.82. The number of pyridine rings is 1. The van der Waals surface area contributed by atoms with Gasteiger partial charge in [0.2, 0.25) is 0 Å². The third-order valence-corrected chi connectivity index (χ3v) is 2.66. The molecule has 0 bridgehead atoms. The van der Waals surface area contributed by atoms with Crippen LogP contribution in [0.1, 0.15) is 25.8 Å². The van der Waals surface area contributed by atoms with Crippen molar-refractivity contribution in [1.29, 1.82) is 0 Å². The van der Waals surface area contributed by atoms with Crippen molar-refractivity contribution in [2.24, 2.45) is 0 Å². The summed E-state index contributed by atoms with van der Waals surface area (Å²) >= 11 is 0. The van der Waals surface area contributed by atoms with Gasteiger partial charge in [-0.05, 0) is 31.9 Å². The Bertz CT molecular complexity index is 309. The maximum Gasteiger partial charge on any atom is 0.131 e. The molecule has 0 saturated heterocycles. The fourth-order valence-corrected chi connectivity index (χ4v) is 1.44. The Kier molecular flexibility index (Phi) is 3.33. The molecule has 14 heavy (non-hydrogen) atoms. The molecular weight excluding hydrogens is 174 g/mol. The summed E-state index contributed by atoms with van der Waals surface area (Å²) in [5, 5.41) is 0. The highest BCUT2D eigenvalue weighted by molar-refractivity contribution is 5.52. The van der Waals surface area contributed by atoms with Gasteiger partial charge in [-0.1, -0.05) is 6.92 Å². The van der Waals surface area contributed by atoms with E-state index in [0.29, 0.717) is 6.04 Å². The molecule has 0 aliphatic carbocycles. The van der Waals surface area contributed by atoms with E-state index in [2.05, 4.69) is 30.8 Å². The van der Waals surface area contributed by atoms with Crippen molar-refractivity contribution in [3.05, 3.63) is 17.8 Å². The molecule has 0 fully saturated rings. The lowest BCUT2D eigenvalue weighted by molar-refractivity contribution is 0.655. The van der Waals surface area contributed by atoms with Crippen molar-refractivity contribution in [2.75, 3.05) is 17.7 Å². The summed E-state index contributed by atoms with van der Waals surface area (Å²) in [7, 11) is 2.07. The lowest BCUT2D eigenvalue weighted by Crippen LogP contribution is -2.29. The van der Waals surface area contributed by atoms with Crippen LogP contribution in [-0.4, -0.2) is 18.1 Å². The van der Waals surface area contributed by atoms with Crippen LogP contribution in [0, 0.1) is 6.92 Å². The second-order valence-electron chi connectivity index (χ2n) is 3.78. The molecular formula is C11H19N3. The molecule has 0 aliphatic rings. The first kappa shape index (κ1) is 10.8. The smallest absolute Gasteiger partial charge is 0.131 e. The van der Waals surface area contributed by atoms with Crippen molar-refractivity contribution in [1.82, 2.24) is 4.98 Å². The number of aromatic nitrogens is 1. The predicted octanol–water partition coefficient (Wildman–Crippen LogP) is 2.21. The summed E-state index contributed by atoms with van der Waals surface area (Å²) < 4.78 is 0. The minimum atomic E-state index is 0.504. The van der Waals surface area contributed by atoms with E-state index in [1.54, 1.807) is 6.20 Å². The molecule has 1 heterocycles. The molecule has 0 radical (unpaired) electrons. The first-order valence-electron chi connectivity index (χ1n) is 5.01. The van der Waals surface area contributed by atoms with Crippen LogP contribution in [0.25, 0.3) is 0 Å². The zero-order chi connectivity index (χ0) is 10.7. The Balaban J connectivity index is 2.95. The summed E-state index contributed by atoms with van der Waals surface area (Å²) in [6, 6.07) is 2.46. The standard InChI is InChI=1S/C11H19N3/c1-5-9(3)14(4)11-8(2)6-10(12)7-13-11/h6-7,9H,5,12H2,1-4H3. The maximum absolute atomic E-state index is 5.66. The van der Waals surface area contributed by atoms with E-state index in [-0.39, 0.29) is 0 Å². The molecule has 0 saturated carbocycles. The van der Waals surface area contributed by atoms with Crippen molar-refractivity contribution < 1.29 is 0 Å². The van der Waals surface area contributed by atoms with E-state index < -0.39 is 0 Å². The van der Waals surface area contributed by atoms with Gasteiger partial charge in [0.05, 0.1) is 11.9 Å². The third kappa shape index (κ3) is 2.16. The third-order valence-electron chi connectivity index (χ3n) is 2.66. The number of hydrogen-bond acceptors (Lipinski definition) is 3. The number of rotatable bonds is 3. The monoisotopic (exact) mass is 193 g/mol. The minimum absolute atomic E-state index is 0.504. The summed E-state index contributed by atoms with van der Waals surface area (Å²) in [5.41, 5.74) is 7.51. The van der Waals surface area contributed by atoms with Gasteiger partial charge in [0.15, 0.2) is 0 Å². The molecule has 0 spiro atoms. The molecule has 78 valence electrons. The fourth-order valence-electron chi connectivity index (χ4n) is 1.44. The second-order valence-corrected chi connectivity index (χ2v) is 3.78. The molecule has 1 rings (SSSR count). The lowest BCUT2D eigenvalue weighted by Gasteiger charge is -2.26. The van der Waals surface area contributed by atoms with Crippen LogP contribution >= 0.6 is 0 Å². The van der Waals surface area contributed by atoms with E-state index in [4.69, 9.17) is 5.73 Å². The quantitative estimate of drug-likeness (QED) is 0.800. The largest absolute Gasteiger partial charge is 0.397 e. The van der Waals surface area contributed by atoms with E-state index in [1.165, 1.54) is 0 Å². The van der Waals surface area contributed by atoms with E-state index in [0.717, 1.165) is 23.5 Å². The number of anilines is 2. The number of nitrogens with zero attached hydrogens (tertiary/aromatic N) is 2. The molecule has 1 unspecified atom stereocenters. The Morgan fingerprint density at radius 3 is 2.71 bits per heavy atom.